The number of rotatable bonds is 2. The van der Waals surface area contributed by atoms with Crippen LogP contribution in [0.2, 0.25) is 0 Å². The molecule has 0 fully saturated rings. The summed E-state index contributed by atoms with van der Waals surface area (Å²) < 4.78 is 0.864. The van der Waals surface area contributed by atoms with Crippen molar-refractivity contribution in [3.63, 3.8) is 0 Å². The molecule has 0 aromatic heterocycles. The fourth-order valence-electron chi connectivity index (χ4n) is 2.20. The van der Waals surface area contributed by atoms with E-state index in [1.54, 1.807) is 30.3 Å². The predicted molar refractivity (Wildman–Crippen MR) is 79.7 cm³/mol. The van der Waals surface area contributed by atoms with E-state index < -0.39 is 0 Å². The molecule has 0 aliphatic carbocycles. The van der Waals surface area contributed by atoms with Crippen molar-refractivity contribution in [2.75, 3.05) is 5.32 Å². The number of nitrogens with one attached hydrogen (secondary N) is 2. The van der Waals surface area contributed by atoms with Gasteiger partial charge in [0.15, 0.2) is 0 Å². The Labute approximate surface area is 124 Å². The molecule has 0 bridgehead atoms. The van der Waals surface area contributed by atoms with Gasteiger partial charge in [-0.15, -0.1) is 0 Å². The Balaban J connectivity index is 1.95. The van der Waals surface area contributed by atoms with Gasteiger partial charge in [-0.25, -0.2) is 0 Å². The minimum absolute atomic E-state index is 0.162. The van der Waals surface area contributed by atoms with Gasteiger partial charge in [0.1, 0.15) is 0 Å². The highest BCUT2D eigenvalue weighted by Crippen LogP contribution is 2.31. The van der Waals surface area contributed by atoms with Gasteiger partial charge >= 0.3 is 0 Å². The summed E-state index contributed by atoms with van der Waals surface area (Å²) in [7, 11) is 0. The smallest absolute Gasteiger partial charge is 0.255 e. The number of benzene rings is 2. The summed E-state index contributed by atoms with van der Waals surface area (Å²) in [5.74, 6) is -0.389. The normalized spacial score (nSPS) is 12.8. The molecule has 1 aliphatic rings. The summed E-state index contributed by atoms with van der Waals surface area (Å²) in [6.07, 6.45) is 0. The first-order valence-corrected chi connectivity index (χ1v) is 6.92. The predicted octanol–water partition coefficient (Wildman–Crippen LogP) is 2.94. The topological polar surface area (TPSA) is 58.2 Å². The molecule has 0 saturated carbocycles. The molecule has 20 heavy (non-hydrogen) atoms. The van der Waals surface area contributed by atoms with Gasteiger partial charge < -0.3 is 10.6 Å². The number of hydrogen-bond donors (Lipinski definition) is 2. The molecule has 0 saturated heterocycles. The highest BCUT2D eigenvalue weighted by molar-refractivity contribution is 9.10. The highest BCUT2D eigenvalue weighted by Gasteiger charge is 2.25. The maximum atomic E-state index is 12.2. The number of carbonyl (C=O) groups excluding carboxylic acids is 2. The van der Waals surface area contributed by atoms with E-state index in [0.717, 1.165) is 10.0 Å². The molecule has 4 nitrogen and oxygen atoms in total. The first kappa shape index (κ1) is 12.9. The molecule has 0 atom stereocenters. The summed E-state index contributed by atoms with van der Waals surface area (Å²) in [5, 5.41) is 5.55. The van der Waals surface area contributed by atoms with E-state index in [2.05, 4.69) is 26.6 Å². The van der Waals surface area contributed by atoms with Crippen LogP contribution in [0, 0.1) is 0 Å². The lowest BCUT2D eigenvalue weighted by Crippen LogP contribution is -2.17. The van der Waals surface area contributed by atoms with E-state index in [0.29, 0.717) is 23.4 Å². The molecule has 0 unspecified atom stereocenters. The maximum absolute atomic E-state index is 12.2. The van der Waals surface area contributed by atoms with Crippen molar-refractivity contribution in [2.24, 2.45) is 0 Å². The second kappa shape index (κ2) is 5.09. The summed E-state index contributed by atoms with van der Waals surface area (Å²) in [4.78, 5) is 24.0. The van der Waals surface area contributed by atoms with Crippen molar-refractivity contribution in [3.8, 4) is 0 Å². The lowest BCUT2D eigenvalue weighted by atomic mass is 10.1. The molecule has 100 valence electrons. The number of anilines is 1. The molecule has 0 radical (unpaired) electrons. The molecule has 0 spiro atoms. The van der Waals surface area contributed by atoms with Gasteiger partial charge in [-0.05, 0) is 24.3 Å². The van der Waals surface area contributed by atoms with Gasteiger partial charge in [0, 0.05) is 22.1 Å². The summed E-state index contributed by atoms with van der Waals surface area (Å²) >= 11 is 3.42. The second-order valence-electron chi connectivity index (χ2n) is 4.45. The molecule has 2 N–H and O–H groups in total. The van der Waals surface area contributed by atoms with Crippen LogP contribution in [0.4, 0.5) is 5.69 Å². The van der Waals surface area contributed by atoms with Crippen LogP contribution in [-0.4, -0.2) is 11.8 Å². The van der Waals surface area contributed by atoms with Crippen molar-refractivity contribution in [1.82, 2.24) is 5.32 Å². The van der Waals surface area contributed by atoms with Crippen molar-refractivity contribution in [3.05, 3.63) is 63.6 Å². The SMILES string of the molecule is O=C(Nc1ccc(Br)c2c1C(=O)NC2)c1ccccc1. The fourth-order valence-corrected chi connectivity index (χ4v) is 2.67. The van der Waals surface area contributed by atoms with E-state index in [4.69, 9.17) is 0 Å². The molecule has 3 rings (SSSR count). The number of fused-ring (bicyclic) bond motifs is 1. The molecule has 1 aliphatic heterocycles. The van der Waals surface area contributed by atoms with Crippen molar-refractivity contribution < 1.29 is 9.59 Å². The van der Waals surface area contributed by atoms with Crippen molar-refractivity contribution in [1.29, 1.82) is 0 Å². The molecule has 5 heteroatoms. The Morgan fingerprint density at radius 2 is 1.90 bits per heavy atom. The zero-order valence-electron chi connectivity index (χ0n) is 10.4. The van der Waals surface area contributed by atoms with Crippen molar-refractivity contribution >= 4 is 33.4 Å². The molecular weight excluding hydrogens is 320 g/mol. The maximum Gasteiger partial charge on any atom is 0.255 e. The van der Waals surface area contributed by atoms with E-state index in [-0.39, 0.29) is 11.8 Å². The number of halogens is 1. The van der Waals surface area contributed by atoms with Gasteiger partial charge in [-0.1, -0.05) is 34.1 Å². The average Bonchev–Trinajstić information content (AvgIpc) is 2.86. The molecule has 2 aromatic carbocycles. The Morgan fingerprint density at radius 1 is 1.15 bits per heavy atom. The van der Waals surface area contributed by atoms with Crippen LogP contribution in [-0.2, 0) is 6.54 Å². The van der Waals surface area contributed by atoms with Crippen LogP contribution in [0.5, 0.6) is 0 Å². The Morgan fingerprint density at radius 3 is 2.65 bits per heavy atom. The third-order valence-electron chi connectivity index (χ3n) is 3.19. The lowest BCUT2D eigenvalue weighted by Gasteiger charge is -2.10. The number of hydrogen-bond acceptors (Lipinski definition) is 2. The lowest BCUT2D eigenvalue weighted by molar-refractivity contribution is 0.0966. The largest absolute Gasteiger partial charge is 0.348 e. The number of carbonyl (C=O) groups is 2. The van der Waals surface area contributed by atoms with E-state index in [9.17, 15) is 9.59 Å². The van der Waals surface area contributed by atoms with Crippen LogP contribution in [0.1, 0.15) is 26.3 Å². The van der Waals surface area contributed by atoms with Gasteiger partial charge in [-0.3, -0.25) is 9.59 Å². The Kier molecular flexibility index (Phi) is 3.28. The summed E-state index contributed by atoms with van der Waals surface area (Å²) in [6.45, 7) is 0.476. The summed E-state index contributed by atoms with van der Waals surface area (Å²) in [5.41, 5.74) is 2.50. The average molecular weight is 331 g/mol. The van der Waals surface area contributed by atoms with Crippen LogP contribution < -0.4 is 10.6 Å². The quantitative estimate of drug-likeness (QED) is 0.889. The number of amides is 2. The van der Waals surface area contributed by atoms with E-state index in [1.807, 2.05) is 12.1 Å². The minimum atomic E-state index is -0.227. The standard InChI is InChI=1S/C15H11BrN2O2/c16-11-6-7-12(13-10(11)8-17-15(13)20)18-14(19)9-4-2-1-3-5-9/h1-7H,8H2,(H,17,20)(H,18,19). The van der Waals surface area contributed by atoms with Crippen molar-refractivity contribution in [2.45, 2.75) is 6.54 Å². The Hall–Kier alpha value is -2.14. The van der Waals surface area contributed by atoms with Gasteiger partial charge in [-0.2, -0.15) is 0 Å². The third kappa shape index (κ3) is 2.20. The fraction of sp³-hybridized carbons (Fsp3) is 0.0667. The highest BCUT2D eigenvalue weighted by atomic mass is 79.9. The Bertz CT molecular complexity index is 699. The monoisotopic (exact) mass is 330 g/mol. The van der Waals surface area contributed by atoms with Crippen LogP contribution >= 0.6 is 15.9 Å². The van der Waals surface area contributed by atoms with Crippen LogP contribution in [0.3, 0.4) is 0 Å². The molecule has 2 amide bonds. The van der Waals surface area contributed by atoms with Crippen LogP contribution in [0.25, 0.3) is 0 Å². The van der Waals surface area contributed by atoms with E-state index >= 15 is 0 Å². The molecular formula is C15H11BrN2O2. The van der Waals surface area contributed by atoms with Gasteiger partial charge in [0.05, 0.1) is 11.3 Å². The third-order valence-corrected chi connectivity index (χ3v) is 3.94. The van der Waals surface area contributed by atoms with Gasteiger partial charge in [0.25, 0.3) is 11.8 Å². The zero-order valence-corrected chi connectivity index (χ0v) is 12.0. The molecule has 1 heterocycles. The molecule has 2 aromatic rings. The minimum Gasteiger partial charge on any atom is -0.348 e. The van der Waals surface area contributed by atoms with E-state index in [1.165, 1.54) is 0 Å². The summed E-state index contributed by atoms with van der Waals surface area (Å²) in [6, 6.07) is 12.5. The zero-order chi connectivity index (χ0) is 14.1. The second-order valence-corrected chi connectivity index (χ2v) is 5.31. The first-order valence-electron chi connectivity index (χ1n) is 6.13. The van der Waals surface area contributed by atoms with Gasteiger partial charge in [0.2, 0.25) is 0 Å². The first-order chi connectivity index (χ1) is 9.66. The van der Waals surface area contributed by atoms with Crippen LogP contribution in [0.15, 0.2) is 46.9 Å².